The number of aromatic hydroxyl groups is 1. The molecule has 1 aromatic carbocycles. The molecule has 3 aromatic rings. The van der Waals surface area contributed by atoms with E-state index >= 15 is 0 Å². The Labute approximate surface area is 122 Å². The number of fused-ring (bicyclic) bond motifs is 1. The minimum Gasteiger partial charge on any atom is -0.508 e. The van der Waals surface area contributed by atoms with Gasteiger partial charge in [0.25, 0.3) is 0 Å². The van der Waals surface area contributed by atoms with E-state index in [4.69, 9.17) is 9.84 Å². The van der Waals surface area contributed by atoms with Crippen LogP contribution >= 0.6 is 0 Å². The molecule has 0 unspecified atom stereocenters. The van der Waals surface area contributed by atoms with Crippen molar-refractivity contribution in [3.63, 3.8) is 0 Å². The van der Waals surface area contributed by atoms with Crippen molar-refractivity contribution in [3.05, 3.63) is 48.8 Å². The van der Waals surface area contributed by atoms with Crippen molar-refractivity contribution in [3.8, 4) is 22.8 Å². The van der Waals surface area contributed by atoms with Gasteiger partial charge in [-0.3, -0.25) is 4.40 Å². The van der Waals surface area contributed by atoms with Crippen molar-refractivity contribution in [2.24, 2.45) is 0 Å². The van der Waals surface area contributed by atoms with Crippen LogP contribution in [0.25, 0.3) is 16.9 Å². The number of nitrogens with zero attached hydrogens (tertiary/aromatic N) is 2. The van der Waals surface area contributed by atoms with Crippen molar-refractivity contribution in [2.45, 2.75) is 6.42 Å². The van der Waals surface area contributed by atoms with Gasteiger partial charge in [0.1, 0.15) is 17.1 Å². The zero-order valence-electron chi connectivity index (χ0n) is 11.4. The lowest BCUT2D eigenvalue weighted by molar-refractivity contribution is 0.233. The number of hydrogen-bond acceptors (Lipinski definition) is 4. The quantitative estimate of drug-likeness (QED) is 0.706. The van der Waals surface area contributed by atoms with Crippen LogP contribution in [0.3, 0.4) is 0 Å². The number of phenols is 1. The van der Waals surface area contributed by atoms with Gasteiger partial charge >= 0.3 is 0 Å². The molecule has 0 saturated carbocycles. The van der Waals surface area contributed by atoms with Crippen molar-refractivity contribution < 1.29 is 14.9 Å². The second-order valence-corrected chi connectivity index (χ2v) is 4.67. The Bertz CT molecular complexity index is 752. The molecule has 5 heteroatoms. The lowest BCUT2D eigenvalue weighted by atomic mass is 10.1. The van der Waals surface area contributed by atoms with Gasteiger partial charge in [0.05, 0.1) is 12.3 Å². The molecule has 0 fully saturated rings. The fourth-order valence-corrected chi connectivity index (χ4v) is 2.26. The maximum atomic E-state index is 9.67. The molecule has 0 aliphatic rings. The van der Waals surface area contributed by atoms with Crippen LogP contribution in [0, 0.1) is 0 Å². The molecule has 0 saturated heterocycles. The van der Waals surface area contributed by atoms with Crippen LogP contribution in [0.4, 0.5) is 0 Å². The fourth-order valence-electron chi connectivity index (χ4n) is 2.26. The Balaban J connectivity index is 2.06. The summed E-state index contributed by atoms with van der Waals surface area (Å²) in [6, 6.07) is 10.9. The lowest BCUT2D eigenvalue weighted by Crippen LogP contribution is -2.02. The van der Waals surface area contributed by atoms with Crippen LogP contribution in [-0.4, -0.2) is 32.8 Å². The molecule has 2 heterocycles. The van der Waals surface area contributed by atoms with Crippen LogP contribution in [-0.2, 0) is 0 Å². The minimum atomic E-state index is 0.0747. The third-order valence-electron chi connectivity index (χ3n) is 3.23. The maximum Gasteiger partial charge on any atom is 0.137 e. The summed E-state index contributed by atoms with van der Waals surface area (Å²) in [7, 11) is 0. The number of imidazole rings is 1. The molecule has 0 aliphatic heterocycles. The van der Waals surface area contributed by atoms with Gasteiger partial charge in [-0.2, -0.15) is 0 Å². The molecular formula is C16H16N2O3. The summed E-state index contributed by atoms with van der Waals surface area (Å²) in [5, 5.41) is 18.5. The topological polar surface area (TPSA) is 67.0 Å². The molecule has 5 nitrogen and oxygen atoms in total. The number of rotatable bonds is 5. The molecule has 3 rings (SSSR count). The van der Waals surface area contributed by atoms with E-state index in [9.17, 15) is 5.11 Å². The molecule has 0 bridgehead atoms. The van der Waals surface area contributed by atoms with Gasteiger partial charge in [-0.15, -0.1) is 0 Å². The van der Waals surface area contributed by atoms with Crippen LogP contribution in [0.2, 0.25) is 0 Å². The Morgan fingerprint density at radius 3 is 2.95 bits per heavy atom. The van der Waals surface area contributed by atoms with Crippen LogP contribution in [0.15, 0.2) is 48.8 Å². The molecule has 0 amide bonds. The van der Waals surface area contributed by atoms with E-state index in [1.54, 1.807) is 18.3 Å². The molecule has 21 heavy (non-hydrogen) atoms. The first kappa shape index (κ1) is 13.5. The van der Waals surface area contributed by atoms with Gasteiger partial charge in [-0.1, -0.05) is 6.07 Å². The average Bonchev–Trinajstić information content (AvgIpc) is 2.96. The van der Waals surface area contributed by atoms with Gasteiger partial charge in [0.15, 0.2) is 0 Å². The van der Waals surface area contributed by atoms with E-state index in [1.165, 1.54) is 0 Å². The number of aliphatic hydroxyl groups excluding tert-OH is 1. The molecule has 2 N–H and O–H groups in total. The summed E-state index contributed by atoms with van der Waals surface area (Å²) in [6.45, 7) is 0.470. The normalized spacial score (nSPS) is 10.9. The first-order valence-electron chi connectivity index (χ1n) is 6.79. The third-order valence-corrected chi connectivity index (χ3v) is 3.23. The maximum absolute atomic E-state index is 9.67. The van der Waals surface area contributed by atoms with Gasteiger partial charge < -0.3 is 14.9 Å². The molecule has 108 valence electrons. The van der Waals surface area contributed by atoms with Crippen LogP contribution in [0.5, 0.6) is 11.5 Å². The SMILES string of the molecule is OCCCOc1cc(O)ccc1-c1cccc2nccn12. The smallest absolute Gasteiger partial charge is 0.137 e. The van der Waals surface area contributed by atoms with E-state index in [0.29, 0.717) is 18.8 Å². The molecule has 2 aromatic heterocycles. The standard InChI is InChI=1S/C16H16N2O3/c19-9-2-10-21-15-11-12(20)5-6-13(15)14-3-1-4-16-17-7-8-18(14)16/h1,3-8,11,19-20H,2,9-10H2. The van der Waals surface area contributed by atoms with E-state index in [1.807, 2.05) is 34.9 Å². The highest BCUT2D eigenvalue weighted by Gasteiger charge is 2.11. The van der Waals surface area contributed by atoms with Gasteiger partial charge in [0, 0.05) is 37.1 Å². The van der Waals surface area contributed by atoms with Crippen molar-refractivity contribution >= 4 is 5.65 Å². The van der Waals surface area contributed by atoms with Gasteiger partial charge in [0.2, 0.25) is 0 Å². The zero-order valence-corrected chi connectivity index (χ0v) is 11.4. The summed E-state index contributed by atoms with van der Waals surface area (Å²) >= 11 is 0. The summed E-state index contributed by atoms with van der Waals surface area (Å²) in [5.41, 5.74) is 2.65. The van der Waals surface area contributed by atoms with Gasteiger partial charge in [-0.25, -0.2) is 4.98 Å². The second kappa shape index (κ2) is 5.85. The van der Waals surface area contributed by atoms with E-state index in [0.717, 1.165) is 16.9 Å². The summed E-state index contributed by atoms with van der Waals surface area (Å²) in [6.07, 6.45) is 4.17. The number of ether oxygens (including phenoxy) is 1. The highest BCUT2D eigenvalue weighted by atomic mass is 16.5. The largest absolute Gasteiger partial charge is 0.508 e. The minimum absolute atomic E-state index is 0.0747. The Kier molecular flexibility index (Phi) is 3.75. The van der Waals surface area contributed by atoms with E-state index < -0.39 is 0 Å². The highest BCUT2D eigenvalue weighted by molar-refractivity contribution is 5.71. The molecule has 0 spiro atoms. The summed E-state index contributed by atoms with van der Waals surface area (Å²) in [4.78, 5) is 4.27. The van der Waals surface area contributed by atoms with E-state index in [-0.39, 0.29) is 12.4 Å². The summed E-state index contributed by atoms with van der Waals surface area (Å²) < 4.78 is 7.65. The number of aromatic nitrogens is 2. The van der Waals surface area contributed by atoms with Crippen molar-refractivity contribution in [1.29, 1.82) is 0 Å². The number of pyridine rings is 1. The monoisotopic (exact) mass is 284 g/mol. The first-order valence-corrected chi connectivity index (χ1v) is 6.79. The fraction of sp³-hybridized carbons (Fsp3) is 0.188. The molecule has 0 radical (unpaired) electrons. The molecule has 0 aliphatic carbocycles. The number of aliphatic hydroxyl groups is 1. The number of hydrogen-bond donors (Lipinski definition) is 2. The Morgan fingerprint density at radius 1 is 1.19 bits per heavy atom. The third kappa shape index (κ3) is 2.68. The zero-order chi connectivity index (χ0) is 14.7. The Hall–Kier alpha value is -2.53. The number of phenolic OH excluding ortho intramolecular Hbond substituents is 1. The van der Waals surface area contributed by atoms with E-state index in [2.05, 4.69) is 4.98 Å². The Morgan fingerprint density at radius 2 is 2.10 bits per heavy atom. The van der Waals surface area contributed by atoms with Crippen molar-refractivity contribution in [1.82, 2.24) is 9.38 Å². The lowest BCUT2D eigenvalue weighted by Gasteiger charge is -2.13. The predicted octanol–water partition coefficient (Wildman–Crippen LogP) is 2.47. The second-order valence-electron chi connectivity index (χ2n) is 4.67. The molecular weight excluding hydrogens is 268 g/mol. The number of benzene rings is 1. The van der Waals surface area contributed by atoms with Crippen LogP contribution in [0.1, 0.15) is 6.42 Å². The average molecular weight is 284 g/mol. The highest BCUT2D eigenvalue weighted by Crippen LogP contribution is 2.33. The predicted molar refractivity (Wildman–Crippen MR) is 79.5 cm³/mol. The molecule has 0 atom stereocenters. The van der Waals surface area contributed by atoms with Crippen molar-refractivity contribution in [2.75, 3.05) is 13.2 Å². The van der Waals surface area contributed by atoms with Gasteiger partial charge in [-0.05, 0) is 24.3 Å². The first-order chi connectivity index (χ1) is 10.3. The van der Waals surface area contributed by atoms with Crippen LogP contribution < -0.4 is 4.74 Å². The summed E-state index contributed by atoms with van der Waals surface area (Å²) in [5.74, 6) is 0.736.